The Labute approximate surface area is 205 Å². The molecular weight excluding hydrogens is 446 g/mol. The highest BCUT2D eigenvalue weighted by molar-refractivity contribution is 5.96. The lowest BCUT2D eigenvalue weighted by molar-refractivity contribution is -0.141. The van der Waals surface area contributed by atoms with Gasteiger partial charge in [-0.15, -0.1) is 0 Å². The van der Waals surface area contributed by atoms with E-state index in [2.05, 4.69) is 0 Å². The minimum Gasteiger partial charge on any atom is -0.497 e. The van der Waals surface area contributed by atoms with Crippen molar-refractivity contribution in [1.29, 1.82) is 0 Å². The number of ether oxygens (including phenoxy) is 3. The number of esters is 1. The van der Waals surface area contributed by atoms with E-state index in [1.54, 1.807) is 20.3 Å². The number of carbonyl (C=O) groups is 2. The van der Waals surface area contributed by atoms with Crippen LogP contribution < -0.4 is 9.47 Å². The molecule has 1 amide bonds. The molecule has 0 fully saturated rings. The molecule has 3 aromatic rings. The average molecular weight is 478 g/mol. The van der Waals surface area contributed by atoms with E-state index in [-0.39, 0.29) is 19.0 Å². The van der Waals surface area contributed by atoms with Crippen molar-refractivity contribution in [3.63, 3.8) is 0 Å². The summed E-state index contributed by atoms with van der Waals surface area (Å²) in [5.41, 5.74) is 4.12. The zero-order valence-corrected chi connectivity index (χ0v) is 20.5. The number of nitrogens with zero attached hydrogens (tertiary/aromatic N) is 3. The van der Waals surface area contributed by atoms with Crippen molar-refractivity contribution in [2.45, 2.75) is 38.6 Å². The highest BCUT2D eigenvalue weighted by Gasteiger charge is 2.29. The first-order chi connectivity index (χ1) is 17.0. The van der Waals surface area contributed by atoms with Crippen LogP contribution in [-0.2, 0) is 28.9 Å². The maximum absolute atomic E-state index is 13.9. The lowest BCUT2D eigenvalue weighted by atomic mass is 10.1. The van der Waals surface area contributed by atoms with Gasteiger partial charge in [-0.3, -0.25) is 9.59 Å². The lowest BCUT2D eigenvalue weighted by Crippen LogP contribution is -2.36. The summed E-state index contributed by atoms with van der Waals surface area (Å²) in [6.07, 6.45) is 4.79. The number of amides is 1. The number of benzene rings is 2. The van der Waals surface area contributed by atoms with Gasteiger partial charge in [0.25, 0.3) is 5.91 Å². The number of carbonyl (C=O) groups excluding carboxylic acids is 2. The molecule has 184 valence electrons. The highest BCUT2D eigenvalue weighted by Crippen LogP contribution is 2.28. The molecule has 0 radical (unpaired) electrons. The molecule has 0 aliphatic heterocycles. The van der Waals surface area contributed by atoms with Crippen LogP contribution in [0.1, 0.15) is 46.6 Å². The Morgan fingerprint density at radius 3 is 2.29 bits per heavy atom. The number of rotatable bonds is 8. The van der Waals surface area contributed by atoms with Crippen LogP contribution in [0.3, 0.4) is 0 Å². The molecule has 8 nitrogen and oxygen atoms in total. The van der Waals surface area contributed by atoms with E-state index in [1.807, 2.05) is 47.1 Å². The van der Waals surface area contributed by atoms with E-state index in [4.69, 9.17) is 19.3 Å². The third-order valence-electron chi connectivity index (χ3n) is 6.25. The highest BCUT2D eigenvalue weighted by atomic mass is 16.5. The minimum atomic E-state index is -0.498. The zero-order chi connectivity index (χ0) is 24.8. The van der Waals surface area contributed by atoms with E-state index in [0.29, 0.717) is 17.2 Å². The molecule has 2 aromatic carbocycles. The summed E-state index contributed by atoms with van der Waals surface area (Å²) in [5, 5.41) is 4.79. The van der Waals surface area contributed by atoms with Gasteiger partial charge in [0, 0.05) is 23.9 Å². The van der Waals surface area contributed by atoms with Crippen LogP contribution in [0.2, 0.25) is 0 Å². The van der Waals surface area contributed by atoms with E-state index < -0.39 is 5.97 Å². The van der Waals surface area contributed by atoms with Gasteiger partial charge in [0.2, 0.25) is 0 Å². The fraction of sp³-hybridized carbons (Fsp3) is 0.370. The largest absolute Gasteiger partial charge is 0.497 e. The number of hydrogen-bond acceptors (Lipinski definition) is 6. The van der Waals surface area contributed by atoms with Gasteiger partial charge in [0.05, 0.1) is 27.0 Å². The molecule has 0 bridgehead atoms. The fourth-order valence-corrected chi connectivity index (χ4v) is 4.48. The Bertz CT molecular complexity index is 1170. The summed E-state index contributed by atoms with van der Waals surface area (Å²) in [4.78, 5) is 27.7. The molecule has 4 rings (SSSR count). The predicted octanol–water partition coefficient (Wildman–Crippen LogP) is 3.97. The monoisotopic (exact) mass is 477 g/mol. The fourth-order valence-electron chi connectivity index (χ4n) is 4.48. The number of hydrogen-bond donors (Lipinski definition) is 0. The second kappa shape index (κ2) is 11.1. The first-order valence-corrected chi connectivity index (χ1v) is 11.8. The van der Waals surface area contributed by atoms with Gasteiger partial charge >= 0.3 is 5.97 Å². The third-order valence-corrected chi connectivity index (χ3v) is 6.25. The summed E-state index contributed by atoms with van der Waals surface area (Å²) in [7, 11) is 4.46. The van der Waals surface area contributed by atoms with Gasteiger partial charge < -0.3 is 19.1 Å². The van der Waals surface area contributed by atoms with Crippen LogP contribution in [0.5, 0.6) is 11.5 Å². The van der Waals surface area contributed by atoms with Crippen molar-refractivity contribution in [1.82, 2.24) is 14.7 Å². The van der Waals surface area contributed by atoms with Gasteiger partial charge in [0.15, 0.2) is 5.69 Å². The predicted molar refractivity (Wildman–Crippen MR) is 131 cm³/mol. The summed E-state index contributed by atoms with van der Waals surface area (Å²) >= 11 is 0. The topological polar surface area (TPSA) is 82.9 Å². The van der Waals surface area contributed by atoms with E-state index in [9.17, 15) is 9.59 Å². The molecule has 0 unspecified atom stereocenters. The Hall–Kier alpha value is -3.81. The van der Waals surface area contributed by atoms with E-state index >= 15 is 0 Å². The van der Waals surface area contributed by atoms with Crippen molar-refractivity contribution < 1.29 is 23.8 Å². The van der Waals surface area contributed by atoms with Crippen molar-refractivity contribution >= 4 is 11.9 Å². The van der Waals surface area contributed by atoms with E-state index in [0.717, 1.165) is 54.6 Å². The number of methoxy groups -OCH3 is 3. The molecule has 1 aromatic heterocycles. The zero-order valence-electron chi connectivity index (χ0n) is 20.5. The van der Waals surface area contributed by atoms with Crippen LogP contribution in [0.4, 0.5) is 0 Å². The smallest absolute Gasteiger partial charge is 0.325 e. The SMILES string of the molecule is COC(=O)CN(Cc1cc(OC)cc(OC)c1)C(=O)c1nn(-c2ccccc2)c2c1CCCCC2. The molecule has 8 heteroatoms. The summed E-state index contributed by atoms with van der Waals surface area (Å²) in [6.45, 7) is -0.0176. The standard InChI is InChI=1S/C27H31N3O5/c1-33-21-14-19(15-22(16-21)34-2)17-29(18-25(31)35-3)27(32)26-23-12-8-5-9-13-24(23)30(28-26)20-10-6-4-7-11-20/h4,6-7,10-11,14-16H,5,8-9,12-13,17-18H2,1-3H3. The Morgan fingerprint density at radius 2 is 1.63 bits per heavy atom. The van der Waals surface area contributed by atoms with Crippen molar-refractivity contribution in [2.75, 3.05) is 27.9 Å². The second-order valence-electron chi connectivity index (χ2n) is 8.54. The number of para-hydroxylation sites is 1. The molecule has 0 saturated carbocycles. The third kappa shape index (κ3) is 5.48. The van der Waals surface area contributed by atoms with Crippen molar-refractivity contribution in [3.8, 4) is 17.2 Å². The molecule has 0 saturated heterocycles. The Kier molecular flexibility index (Phi) is 7.70. The van der Waals surface area contributed by atoms with Crippen LogP contribution >= 0.6 is 0 Å². The quantitative estimate of drug-likeness (QED) is 0.361. The van der Waals surface area contributed by atoms with Crippen molar-refractivity contribution in [2.24, 2.45) is 0 Å². The van der Waals surface area contributed by atoms with E-state index in [1.165, 1.54) is 12.0 Å². The Balaban J connectivity index is 1.74. The lowest BCUT2D eigenvalue weighted by Gasteiger charge is -2.22. The van der Waals surface area contributed by atoms with Crippen LogP contribution in [0.15, 0.2) is 48.5 Å². The van der Waals surface area contributed by atoms with Gasteiger partial charge in [-0.25, -0.2) is 4.68 Å². The maximum Gasteiger partial charge on any atom is 0.325 e. The second-order valence-corrected chi connectivity index (χ2v) is 8.54. The number of aromatic nitrogens is 2. The molecule has 0 atom stereocenters. The number of fused-ring (bicyclic) bond motifs is 1. The molecular formula is C27H31N3O5. The van der Waals surface area contributed by atoms with Crippen LogP contribution in [-0.4, -0.2) is 54.4 Å². The molecule has 0 N–H and O–H groups in total. The molecule has 0 spiro atoms. The molecule has 35 heavy (non-hydrogen) atoms. The minimum absolute atomic E-state index is 0.175. The first kappa shape index (κ1) is 24.3. The summed E-state index contributed by atoms with van der Waals surface area (Å²) in [5.74, 6) is 0.408. The maximum atomic E-state index is 13.9. The first-order valence-electron chi connectivity index (χ1n) is 11.8. The van der Waals surface area contributed by atoms with Gasteiger partial charge in [-0.1, -0.05) is 24.6 Å². The normalized spacial score (nSPS) is 12.9. The van der Waals surface area contributed by atoms with Crippen LogP contribution in [0, 0.1) is 0 Å². The van der Waals surface area contributed by atoms with Crippen molar-refractivity contribution in [3.05, 3.63) is 71.0 Å². The van der Waals surface area contributed by atoms with Crippen LogP contribution in [0.25, 0.3) is 5.69 Å². The molecule has 1 heterocycles. The summed E-state index contributed by atoms with van der Waals surface area (Å²) < 4.78 is 17.5. The Morgan fingerprint density at radius 1 is 0.943 bits per heavy atom. The van der Waals surface area contributed by atoms with Gasteiger partial charge in [0.1, 0.15) is 18.0 Å². The van der Waals surface area contributed by atoms with Gasteiger partial charge in [-0.2, -0.15) is 5.10 Å². The summed E-state index contributed by atoms with van der Waals surface area (Å²) in [6, 6.07) is 15.3. The molecule has 1 aliphatic carbocycles. The average Bonchev–Trinajstić information content (AvgIpc) is 3.08. The van der Waals surface area contributed by atoms with Gasteiger partial charge in [-0.05, 0) is 55.5 Å². The molecule has 1 aliphatic rings.